The first-order chi connectivity index (χ1) is 10.7. The van der Waals surface area contributed by atoms with Crippen molar-refractivity contribution >= 4 is 21.7 Å². The molecule has 0 saturated heterocycles. The van der Waals surface area contributed by atoms with Crippen LogP contribution in [0.25, 0.3) is 22.5 Å². The molecule has 1 aromatic carbocycles. The molecule has 0 fully saturated rings. The van der Waals surface area contributed by atoms with Crippen LogP contribution in [0.1, 0.15) is 5.56 Å². The highest BCUT2D eigenvalue weighted by Crippen LogP contribution is 2.30. The normalized spacial score (nSPS) is 10.2. The molecule has 0 unspecified atom stereocenters. The third-order valence-corrected chi connectivity index (χ3v) is 3.71. The molecule has 0 aliphatic rings. The smallest absolute Gasteiger partial charge is 0.142 e. The molecular weight excluding hydrogens is 340 g/mol. The number of anilines is 1. The number of hydrogen-bond acceptors (Lipinski definition) is 4. The molecule has 2 aromatic heterocycles. The summed E-state index contributed by atoms with van der Waals surface area (Å²) in [6, 6.07) is 17.3. The van der Waals surface area contributed by atoms with Gasteiger partial charge in [-0.3, -0.25) is 4.98 Å². The lowest BCUT2D eigenvalue weighted by Gasteiger charge is -2.09. The lowest BCUT2D eigenvalue weighted by Crippen LogP contribution is -2.00. The van der Waals surface area contributed by atoms with E-state index in [9.17, 15) is 5.26 Å². The van der Waals surface area contributed by atoms with Crippen molar-refractivity contribution in [2.45, 2.75) is 0 Å². The summed E-state index contributed by atoms with van der Waals surface area (Å²) in [6.45, 7) is 0. The molecule has 22 heavy (non-hydrogen) atoms. The van der Waals surface area contributed by atoms with E-state index in [1.54, 1.807) is 6.20 Å². The summed E-state index contributed by atoms with van der Waals surface area (Å²) < 4.78 is 0.953. The molecule has 4 nitrogen and oxygen atoms in total. The van der Waals surface area contributed by atoms with Crippen molar-refractivity contribution in [3.8, 4) is 28.6 Å². The second-order valence-corrected chi connectivity index (χ2v) is 5.57. The van der Waals surface area contributed by atoms with Gasteiger partial charge in [-0.05, 0) is 30.3 Å². The molecule has 0 aliphatic carbocycles. The Morgan fingerprint density at radius 2 is 1.91 bits per heavy atom. The minimum atomic E-state index is 0.209. The van der Waals surface area contributed by atoms with Crippen LogP contribution in [0.5, 0.6) is 0 Å². The molecule has 3 aromatic rings. The summed E-state index contributed by atoms with van der Waals surface area (Å²) in [5.41, 5.74) is 9.33. The molecule has 0 bridgehead atoms. The summed E-state index contributed by atoms with van der Waals surface area (Å²) in [7, 11) is 0. The van der Waals surface area contributed by atoms with Crippen LogP contribution in [-0.2, 0) is 0 Å². The Hall–Kier alpha value is -2.71. The second-order valence-electron chi connectivity index (χ2n) is 4.65. The summed E-state index contributed by atoms with van der Waals surface area (Å²) in [5, 5.41) is 9.36. The second kappa shape index (κ2) is 5.96. The van der Waals surface area contributed by atoms with Gasteiger partial charge in [0.15, 0.2) is 0 Å². The van der Waals surface area contributed by atoms with E-state index < -0.39 is 0 Å². The highest BCUT2D eigenvalue weighted by atomic mass is 79.9. The zero-order chi connectivity index (χ0) is 15.5. The summed E-state index contributed by atoms with van der Waals surface area (Å²) >= 11 is 3.45. The van der Waals surface area contributed by atoms with Gasteiger partial charge in [0.2, 0.25) is 0 Å². The van der Waals surface area contributed by atoms with Gasteiger partial charge >= 0.3 is 0 Å². The summed E-state index contributed by atoms with van der Waals surface area (Å²) in [5.74, 6) is 0.209. The Morgan fingerprint density at radius 3 is 2.59 bits per heavy atom. The minimum absolute atomic E-state index is 0.209. The van der Waals surface area contributed by atoms with Crippen LogP contribution < -0.4 is 5.73 Å². The Balaban J connectivity index is 2.24. The van der Waals surface area contributed by atoms with Gasteiger partial charge in [-0.25, -0.2) is 4.98 Å². The highest BCUT2D eigenvalue weighted by molar-refractivity contribution is 9.10. The largest absolute Gasteiger partial charge is 0.383 e. The fourth-order valence-electron chi connectivity index (χ4n) is 2.20. The van der Waals surface area contributed by atoms with Crippen LogP contribution in [0, 0.1) is 11.3 Å². The molecule has 2 N–H and O–H groups in total. The summed E-state index contributed by atoms with van der Waals surface area (Å²) in [6.07, 6.45) is 1.69. The number of nitrogen functional groups attached to an aromatic ring is 1. The number of nitriles is 1. The van der Waals surface area contributed by atoms with Crippen LogP contribution >= 0.6 is 15.9 Å². The van der Waals surface area contributed by atoms with Crippen LogP contribution in [-0.4, -0.2) is 9.97 Å². The van der Waals surface area contributed by atoms with E-state index >= 15 is 0 Å². The number of halogens is 1. The quantitative estimate of drug-likeness (QED) is 0.756. The Labute approximate surface area is 136 Å². The SMILES string of the molecule is N#Cc1c(-c2ccccn2)cc(-c2cccc(Br)c2)nc1N. The third-order valence-electron chi connectivity index (χ3n) is 3.22. The van der Waals surface area contributed by atoms with E-state index in [1.165, 1.54) is 0 Å². The molecule has 3 rings (SSSR count). The van der Waals surface area contributed by atoms with Crippen molar-refractivity contribution < 1.29 is 0 Å². The van der Waals surface area contributed by atoms with E-state index in [0.29, 0.717) is 22.5 Å². The predicted octanol–water partition coefficient (Wildman–Crippen LogP) is 4.03. The van der Waals surface area contributed by atoms with E-state index in [-0.39, 0.29) is 5.82 Å². The summed E-state index contributed by atoms with van der Waals surface area (Å²) in [4.78, 5) is 8.66. The average molecular weight is 351 g/mol. The first kappa shape index (κ1) is 14.2. The first-order valence-corrected chi connectivity index (χ1v) is 7.36. The van der Waals surface area contributed by atoms with Crippen molar-refractivity contribution in [1.29, 1.82) is 5.26 Å². The van der Waals surface area contributed by atoms with E-state index in [4.69, 9.17) is 5.73 Å². The number of nitrogens with two attached hydrogens (primary N) is 1. The fourth-order valence-corrected chi connectivity index (χ4v) is 2.60. The molecule has 0 amide bonds. The maximum atomic E-state index is 9.36. The van der Waals surface area contributed by atoms with Crippen molar-refractivity contribution in [2.75, 3.05) is 5.73 Å². The number of nitrogens with zero attached hydrogens (tertiary/aromatic N) is 3. The maximum Gasteiger partial charge on any atom is 0.142 e. The predicted molar refractivity (Wildman–Crippen MR) is 89.7 cm³/mol. The molecule has 106 valence electrons. The van der Waals surface area contributed by atoms with Gasteiger partial charge in [-0.2, -0.15) is 5.26 Å². The van der Waals surface area contributed by atoms with Crippen LogP contribution in [0.15, 0.2) is 59.2 Å². The average Bonchev–Trinajstić information content (AvgIpc) is 2.55. The van der Waals surface area contributed by atoms with Gasteiger partial charge in [0.1, 0.15) is 17.5 Å². The molecule has 0 saturated carbocycles. The Kier molecular flexibility index (Phi) is 3.86. The van der Waals surface area contributed by atoms with E-state index in [1.807, 2.05) is 48.5 Å². The lowest BCUT2D eigenvalue weighted by molar-refractivity contribution is 1.27. The molecule has 2 heterocycles. The van der Waals surface area contributed by atoms with Crippen LogP contribution in [0.4, 0.5) is 5.82 Å². The van der Waals surface area contributed by atoms with Gasteiger partial charge < -0.3 is 5.73 Å². The monoisotopic (exact) mass is 350 g/mol. The van der Waals surface area contributed by atoms with Gasteiger partial charge in [0, 0.05) is 21.8 Å². The standard InChI is InChI=1S/C17H11BrN4/c18-12-5-3-4-11(8-12)16-9-13(14(10-19)17(20)22-16)15-6-1-2-7-21-15/h1-9H,(H2,20,22). The van der Waals surface area contributed by atoms with Gasteiger partial charge in [-0.15, -0.1) is 0 Å². The Bertz CT molecular complexity index is 870. The van der Waals surface area contributed by atoms with Crippen molar-refractivity contribution in [3.63, 3.8) is 0 Å². The number of pyridine rings is 2. The maximum absolute atomic E-state index is 9.36. The number of aromatic nitrogens is 2. The zero-order valence-corrected chi connectivity index (χ0v) is 13.1. The van der Waals surface area contributed by atoms with E-state index in [0.717, 1.165) is 10.0 Å². The highest BCUT2D eigenvalue weighted by Gasteiger charge is 2.14. The zero-order valence-electron chi connectivity index (χ0n) is 11.5. The molecule has 0 spiro atoms. The van der Waals surface area contributed by atoms with Crippen molar-refractivity contribution in [1.82, 2.24) is 9.97 Å². The Morgan fingerprint density at radius 1 is 1.05 bits per heavy atom. The minimum Gasteiger partial charge on any atom is -0.383 e. The molecule has 0 radical (unpaired) electrons. The lowest BCUT2D eigenvalue weighted by atomic mass is 10.0. The van der Waals surface area contributed by atoms with Gasteiger partial charge in [0.25, 0.3) is 0 Å². The topological polar surface area (TPSA) is 75.6 Å². The van der Waals surface area contributed by atoms with Crippen molar-refractivity contribution in [2.24, 2.45) is 0 Å². The molecule has 0 atom stereocenters. The molecule has 5 heteroatoms. The number of hydrogen-bond donors (Lipinski definition) is 1. The third kappa shape index (κ3) is 2.69. The first-order valence-electron chi connectivity index (χ1n) is 6.57. The van der Waals surface area contributed by atoms with Gasteiger partial charge in [-0.1, -0.05) is 34.1 Å². The molecular formula is C17H11BrN4. The van der Waals surface area contributed by atoms with Gasteiger partial charge in [0.05, 0.1) is 11.4 Å². The van der Waals surface area contributed by atoms with Crippen LogP contribution in [0.3, 0.4) is 0 Å². The van der Waals surface area contributed by atoms with Crippen LogP contribution in [0.2, 0.25) is 0 Å². The number of benzene rings is 1. The fraction of sp³-hybridized carbons (Fsp3) is 0. The number of rotatable bonds is 2. The van der Waals surface area contributed by atoms with Crippen molar-refractivity contribution in [3.05, 3.63) is 64.8 Å². The van der Waals surface area contributed by atoms with E-state index in [2.05, 4.69) is 32.0 Å². The molecule has 0 aliphatic heterocycles.